The molecule has 0 amide bonds. The van der Waals surface area contributed by atoms with Crippen LogP contribution in [0.4, 0.5) is 0 Å². The zero-order valence-electron chi connectivity index (χ0n) is 10.5. The molecule has 0 saturated carbocycles. The Kier molecular flexibility index (Phi) is 4.49. The number of aromatic nitrogens is 2. The largest absolute Gasteiger partial charge is 0.419 e. The van der Waals surface area contributed by atoms with Crippen LogP contribution >= 0.6 is 15.9 Å². The average Bonchev–Trinajstić information content (AvgIpc) is 2.85. The Morgan fingerprint density at radius 2 is 2.17 bits per heavy atom. The molecule has 0 aliphatic heterocycles. The highest BCUT2D eigenvalue weighted by Gasteiger charge is 2.16. The second kappa shape index (κ2) is 6.11. The third-order valence-corrected chi connectivity index (χ3v) is 3.16. The lowest BCUT2D eigenvalue weighted by molar-refractivity contribution is 0.402. The third-order valence-electron chi connectivity index (χ3n) is 2.67. The van der Waals surface area contributed by atoms with Crippen molar-refractivity contribution in [3.8, 4) is 11.5 Å². The van der Waals surface area contributed by atoms with E-state index in [1.54, 1.807) is 0 Å². The number of nitrogens with one attached hydrogen (secondary N) is 1. The molecule has 1 N–H and O–H groups in total. The number of nitrogens with zero attached hydrogens (tertiary/aromatic N) is 2. The van der Waals surface area contributed by atoms with Crippen LogP contribution in [0.2, 0.25) is 0 Å². The first kappa shape index (κ1) is 13.2. The van der Waals surface area contributed by atoms with Gasteiger partial charge in [-0.15, -0.1) is 10.2 Å². The highest BCUT2D eigenvalue weighted by molar-refractivity contribution is 9.10. The van der Waals surface area contributed by atoms with Crippen molar-refractivity contribution in [3.05, 3.63) is 34.6 Å². The Balaban J connectivity index is 2.24. The summed E-state index contributed by atoms with van der Waals surface area (Å²) >= 11 is 3.43. The van der Waals surface area contributed by atoms with Crippen LogP contribution in [0.3, 0.4) is 0 Å². The second-order valence-corrected chi connectivity index (χ2v) is 4.89. The zero-order chi connectivity index (χ0) is 13.0. The molecule has 1 aromatic heterocycles. The Morgan fingerprint density at radius 3 is 2.83 bits per heavy atom. The molecule has 0 saturated heterocycles. The molecule has 0 radical (unpaired) electrons. The maximum Gasteiger partial charge on any atom is 0.247 e. The molecule has 1 atom stereocenters. The predicted octanol–water partition coefficient (Wildman–Crippen LogP) is 3.56. The van der Waals surface area contributed by atoms with E-state index in [1.165, 1.54) is 0 Å². The Labute approximate surface area is 115 Å². The first-order valence-electron chi connectivity index (χ1n) is 6.07. The molecular weight excluding hydrogens is 294 g/mol. The molecule has 96 valence electrons. The van der Waals surface area contributed by atoms with Gasteiger partial charge in [0, 0.05) is 10.0 Å². The lowest BCUT2D eigenvalue weighted by Crippen LogP contribution is -2.20. The minimum absolute atomic E-state index is 0.128. The van der Waals surface area contributed by atoms with Gasteiger partial charge in [0.1, 0.15) is 0 Å². The van der Waals surface area contributed by atoms with Crippen molar-refractivity contribution in [1.29, 1.82) is 0 Å². The Morgan fingerprint density at radius 1 is 1.33 bits per heavy atom. The van der Waals surface area contributed by atoms with Gasteiger partial charge in [0.15, 0.2) is 0 Å². The van der Waals surface area contributed by atoms with E-state index in [0.717, 1.165) is 23.0 Å². The molecule has 18 heavy (non-hydrogen) atoms. The molecule has 5 heteroatoms. The molecule has 0 spiro atoms. The lowest BCUT2D eigenvalue weighted by Gasteiger charge is -2.09. The van der Waals surface area contributed by atoms with Gasteiger partial charge in [-0.25, -0.2) is 0 Å². The van der Waals surface area contributed by atoms with Crippen LogP contribution in [0, 0.1) is 0 Å². The molecule has 0 aliphatic rings. The van der Waals surface area contributed by atoms with Crippen molar-refractivity contribution in [3.63, 3.8) is 0 Å². The van der Waals surface area contributed by atoms with Gasteiger partial charge in [0.25, 0.3) is 0 Å². The van der Waals surface area contributed by atoms with Crippen LogP contribution in [0.25, 0.3) is 11.5 Å². The average molecular weight is 310 g/mol. The maximum absolute atomic E-state index is 5.72. The van der Waals surface area contributed by atoms with Crippen LogP contribution in [-0.4, -0.2) is 16.7 Å². The molecule has 4 nitrogen and oxygen atoms in total. The van der Waals surface area contributed by atoms with Gasteiger partial charge in [-0.2, -0.15) is 0 Å². The van der Waals surface area contributed by atoms with Crippen molar-refractivity contribution in [2.24, 2.45) is 0 Å². The first-order valence-corrected chi connectivity index (χ1v) is 6.86. The topological polar surface area (TPSA) is 51.0 Å². The van der Waals surface area contributed by atoms with E-state index in [9.17, 15) is 0 Å². The van der Waals surface area contributed by atoms with Crippen molar-refractivity contribution in [1.82, 2.24) is 15.5 Å². The van der Waals surface area contributed by atoms with E-state index >= 15 is 0 Å². The SMILES string of the molecule is CCNC(CC)c1nnc(-c2cccc(Br)c2)o1. The molecule has 1 aromatic carbocycles. The van der Waals surface area contributed by atoms with Gasteiger partial charge < -0.3 is 9.73 Å². The molecule has 0 fully saturated rings. The monoisotopic (exact) mass is 309 g/mol. The summed E-state index contributed by atoms with van der Waals surface area (Å²) in [5.74, 6) is 1.21. The summed E-state index contributed by atoms with van der Waals surface area (Å²) in [4.78, 5) is 0. The molecule has 2 rings (SSSR count). The maximum atomic E-state index is 5.72. The van der Waals surface area contributed by atoms with Crippen LogP contribution in [0.15, 0.2) is 33.2 Å². The van der Waals surface area contributed by atoms with Crippen molar-refractivity contribution in [2.75, 3.05) is 6.54 Å². The van der Waals surface area contributed by atoms with Crippen LogP contribution in [0.1, 0.15) is 32.2 Å². The zero-order valence-corrected chi connectivity index (χ0v) is 12.1. The quantitative estimate of drug-likeness (QED) is 0.917. The van der Waals surface area contributed by atoms with E-state index in [-0.39, 0.29) is 6.04 Å². The van der Waals surface area contributed by atoms with Gasteiger partial charge in [0.2, 0.25) is 11.8 Å². The van der Waals surface area contributed by atoms with Crippen molar-refractivity contribution < 1.29 is 4.42 Å². The fraction of sp³-hybridized carbons (Fsp3) is 0.385. The summed E-state index contributed by atoms with van der Waals surface area (Å²) in [6.45, 7) is 5.04. The summed E-state index contributed by atoms with van der Waals surface area (Å²) in [7, 11) is 0. The molecular formula is C13H16BrN3O. The molecule has 1 unspecified atom stereocenters. The first-order chi connectivity index (χ1) is 8.74. The van der Waals surface area contributed by atoms with E-state index in [4.69, 9.17) is 4.42 Å². The summed E-state index contributed by atoms with van der Waals surface area (Å²) in [5.41, 5.74) is 0.925. The van der Waals surface area contributed by atoms with Gasteiger partial charge in [-0.05, 0) is 31.2 Å². The number of benzene rings is 1. The summed E-state index contributed by atoms with van der Waals surface area (Å²) < 4.78 is 6.72. The highest BCUT2D eigenvalue weighted by Crippen LogP contribution is 2.24. The number of hydrogen-bond donors (Lipinski definition) is 1. The van der Waals surface area contributed by atoms with E-state index < -0.39 is 0 Å². The van der Waals surface area contributed by atoms with Crippen molar-refractivity contribution in [2.45, 2.75) is 26.3 Å². The van der Waals surface area contributed by atoms with Gasteiger partial charge in [0.05, 0.1) is 6.04 Å². The Bertz CT molecular complexity index is 512. The number of hydrogen-bond acceptors (Lipinski definition) is 4. The van der Waals surface area contributed by atoms with E-state index in [0.29, 0.717) is 11.8 Å². The highest BCUT2D eigenvalue weighted by atomic mass is 79.9. The summed E-state index contributed by atoms with van der Waals surface area (Å²) in [6, 6.07) is 7.96. The standard InChI is InChI=1S/C13H16BrN3O/c1-3-11(15-4-2)13-17-16-12(18-13)9-6-5-7-10(14)8-9/h5-8,11,15H,3-4H2,1-2H3. The molecule has 0 aliphatic carbocycles. The Hall–Kier alpha value is -1.20. The molecule has 1 heterocycles. The lowest BCUT2D eigenvalue weighted by atomic mass is 10.2. The smallest absolute Gasteiger partial charge is 0.247 e. The van der Waals surface area contributed by atoms with Crippen LogP contribution in [0.5, 0.6) is 0 Å². The van der Waals surface area contributed by atoms with Crippen LogP contribution in [-0.2, 0) is 0 Å². The predicted molar refractivity (Wildman–Crippen MR) is 74.1 cm³/mol. The second-order valence-electron chi connectivity index (χ2n) is 3.97. The van der Waals surface area contributed by atoms with Crippen LogP contribution < -0.4 is 5.32 Å². The normalized spacial score (nSPS) is 12.6. The fourth-order valence-electron chi connectivity index (χ4n) is 1.77. The minimum atomic E-state index is 0.128. The van der Waals surface area contributed by atoms with Crippen molar-refractivity contribution >= 4 is 15.9 Å². The van der Waals surface area contributed by atoms with Gasteiger partial charge in [-0.1, -0.05) is 35.8 Å². The van der Waals surface area contributed by atoms with Gasteiger partial charge >= 0.3 is 0 Å². The van der Waals surface area contributed by atoms with E-state index in [1.807, 2.05) is 24.3 Å². The third kappa shape index (κ3) is 2.97. The minimum Gasteiger partial charge on any atom is -0.419 e. The fourth-order valence-corrected chi connectivity index (χ4v) is 2.17. The van der Waals surface area contributed by atoms with Gasteiger partial charge in [-0.3, -0.25) is 0 Å². The summed E-state index contributed by atoms with van der Waals surface area (Å²) in [6.07, 6.45) is 0.925. The number of rotatable bonds is 5. The molecule has 2 aromatic rings. The number of halogens is 1. The molecule has 0 bridgehead atoms. The van der Waals surface area contributed by atoms with E-state index in [2.05, 4.69) is 45.3 Å². The summed E-state index contributed by atoms with van der Waals surface area (Å²) in [5, 5.41) is 11.5.